The second-order valence-corrected chi connectivity index (χ2v) is 5.89. The van der Waals surface area contributed by atoms with Crippen LogP contribution in [-0.2, 0) is 0 Å². The maximum Gasteiger partial charge on any atom is 0.257 e. The summed E-state index contributed by atoms with van der Waals surface area (Å²) in [6.45, 7) is 3.61. The molecule has 1 aromatic heterocycles. The zero-order valence-electron chi connectivity index (χ0n) is 14.0. The number of nitrogens with zero attached hydrogens (tertiary/aromatic N) is 2. The van der Waals surface area contributed by atoms with Crippen molar-refractivity contribution in [1.29, 1.82) is 0 Å². The molecule has 25 heavy (non-hydrogen) atoms. The molecular formula is C18H16ClN3O3. The van der Waals surface area contributed by atoms with Crippen LogP contribution in [0.5, 0.6) is 5.75 Å². The first kappa shape index (κ1) is 17.0. The van der Waals surface area contributed by atoms with Crippen LogP contribution in [0.25, 0.3) is 11.5 Å². The summed E-state index contributed by atoms with van der Waals surface area (Å²) in [5.41, 5.74) is 2.65. The number of hydrogen-bond donors (Lipinski definition) is 1. The normalized spacial score (nSPS) is 10.6. The molecule has 1 amide bonds. The van der Waals surface area contributed by atoms with Crippen molar-refractivity contribution < 1.29 is 14.1 Å². The van der Waals surface area contributed by atoms with Crippen LogP contribution in [-0.4, -0.2) is 23.2 Å². The molecule has 6 nitrogen and oxygen atoms in total. The van der Waals surface area contributed by atoms with Crippen molar-refractivity contribution in [2.24, 2.45) is 0 Å². The zero-order valence-corrected chi connectivity index (χ0v) is 14.7. The van der Waals surface area contributed by atoms with Gasteiger partial charge in [0.2, 0.25) is 0 Å². The molecule has 0 aliphatic carbocycles. The Morgan fingerprint density at radius 3 is 2.52 bits per heavy atom. The van der Waals surface area contributed by atoms with Crippen LogP contribution in [0.3, 0.4) is 0 Å². The molecule has 0 spiro atoms. The van der Waals surface area contributed by atoms with Crippen LogP contribution >= 0.6 is 11.6 Å². The molecule has 2 aromatic carbocycles. The summed E-state index contributed by atoms with van der Waals surface area (Å²) in [5.74, 6) is 1.22. The van der Waals surface area contributed by atoms with Gasteiger partial charge in [-0.3, -0.25) is 4.79 Å². The van der Waals surface area contributed by atoms with E-state index in [1.807, 2.05) is 6.92 Å². The number of anilines is 1. The molecule has 7 heteroatoms. The van der Waals surface area contributed by atoms with E-state index in [0.29, 0.717) is 33.7 Å². The minimum absolute atomic E-state index is 0.256. The molecule has 0 aliphatic rings. The predicted octanol–water partition coefficient (Wildman–Crippen LogP) is 4.27. The lowest BCUT2D eigenvalue weighted by Crippen LogP contribution is -2.12. The number of carbonyl (C=O) groups excluding carboxylic acids is 1. The molecule has 0 bridgehead atoms. The van der Waals surface area contributed by atoms with Crippen LogP contribution in [0.15, 0.2) is 40.9 Å². The van der Waals surface area contributed by atoms with Gasteiger partial charge >= 0.3 is 0 Å². The van der Waals surface area contributed by atoms with E-state index in [4.69, 9.17) is 20.9 Å². The number of rotatable bonds is 4. The third kappa shape index (κ3) is 3.64. The van der Waals surface area contributed by atoms with Crippen LogP contribution in [0.2, 0.25) is 5.02 Å². The van der Waals surface area contributed by atoms with E-state index in [1.165, 1.54) is 7.11 Å². The molecular weight excluding hydrogens is 342 g/mol. The highest BCUT2D eigenvalue weighted by atomic mass is 35.5. The lowest BCUT2D eigenvalue weighted by molar-refractivity contribution is 0.102. The Labute approximate surface area is 149 Å². The van der Waals surface area contributed by atoms with E-state index in [0.717, 1.165) is 11.1 Å². The third-order valence-electron chi connectivity index (χ3n) is 3.65. The molecule has 3 aromatic rings. The quantitative estimate of drug-likeness (QED) is 0.754. The first-order chi connectivity index (χ1) is 12.0. The Bertz CT molecular complexity index is 920. The first-order valence-electron chi connectivity index (χ1n) is 7.54. The lowest BCUT2D eigenvalue weighted by atomic mass is 10.1. The summed E-state index contributed by atoms with van der Waals surface area (Å²) in [4.78, 5) is 16.6. The fourth-order valence-corrected chi connectivity index (χ4v) is 2.46. The van der Waals surface area contributed by atoms with Crippen molar-refractivity contribution in [3.63, 3.8) is 0 Å². The van der Waals surface area contributed by atoms with Gasteiger partial charge in [0, 0.05) is 22.2 Å². The van der Waals surface area contributed by atoms with Gasteiger partial charge in [0.15, 0.2) is 5.82 Å². The number of ether oxygens (including phenoxy) is 1. The molecule has 1 N–H and O–H groups in total. The van der Waals surface area contributed by atoms with Gasteiger partial charge in [0.1, 0.15) is 5.75 Å². The number of carbonyl (C=O) groups is 1. The van der Waals surface area contributed by atoms with Gasteiger partial charge in [-0.25, -0.2) is 0 Å². The number of benzene rings is 2. The fourth-order valence-electron chi connectivity index (χ4n) is 2.30. The number of nitrogens with one attached hydrogen (secondary N) is 1. The lowest BCUT2D eigenvalue weighted by Gasteiger charge is -2.12. The zero-order chi connectivity index (χ0) is 18.0. The molecule has 128 valence electrons. The highest BCUT2D eigenvalue weighted by molar-refractivity contribution is 6.31. The fraction of sp³-hybridized carbons (Fsp3) is 0.167. The molecule has 0 aliphatic heterocycles. The van der Waals surface area contributed by atoms with Crippen LogP contribution in [0.4, 0.5) is 5.69 Å². The van der Waals surface area contributed by atoms with E-state index < -0.39 is 0 Å². The average Bonchev–Trinajstić information content (AvgIpc) is 3.04. The van der Waals surface area contributed by atoms with Gasteiger partial charge in [0.05, 0.1) is 12.8 Å². The van der Waals surface area contributed by atoms with Crippen molar-refractivity contribution in [2.75, 3.05) is 12.4 Å². The molecule has 1 heterocycles. The third-order valence-corrected chi connectivity index (χ3v) is 4.06. The Morgan fingerprint density at radius 2 is 1.92 bits per heavy atom. The minimum Gasteiger partial charge on any atom is -0.495 e. The smallest absolute Gasteiger partial charge is 0.257 e. The van der Waals surface area contributed by atoms with E-state index in [1.54, 1.807) is 43.3 Å². The van der Waals surface area contributed by atoms with E-state index >= 15 is 0 Å². The number of hydrogen-bond acceptors (Lipinski definition) is 5. The average molecular weight is 358 g/mol. The van der Waals surface area contributed by atoms with Gasteiger partial charge < -0.3 is 14.6 Å². The summed E-state index contributed by atoms with van der Waals surface area (Å²) in [6, 6.07) is 10.3. The molecule has 0 fully saturated rings. The number of aromatic nitrogens is 2. The van der Waals surface area contributed by atoms with Gasteiger partial charge in [-0.2, -0.15) is 4.98 Å². The van der Waals surface area contributed by atoms with Crippen LogP contribution in [0, 0.1) is 13.8 Å². The molecule has 3 rings (SSSR count). The van der Waals surface area contributed by atoms with E-state index in [9.17, 15) is 4.79 Å². The molecule has 0 saturated carbocycles. The van der Waals surface area contributed by atoms with Gasteiger partial charge in [-0.05, 0) is 49.7 Å². The summed E-state index contributed by atoms with van der Waals surface area (Å²) < 4.78 is 10.4. The van der Waals surface area contributed by atoms with Crippen molar-refractivity contribution in [3.05, 3.63) is 58.4 Å². The first-order valence-corrected chi connectivity index (χ1v) is 7.92. The Kier molecular flexibility index (Phi) is 4.72. The van der Waals surface area contributed by atoms with Gasteiger partial charge in [-0.15, -0.1) is 0 Å². The van der Waals surface area contributed by atoms with Gasteiger partial charge in [-0.1, -0.05) is 16.8 Å². The highest BCUT2D eigenvalue weighted by Crippen LogP contribution is 2.31. The van der Waals surface area contributed by atoms with Crippen LogP contribution in [0.1, 0.15) is 21.7 Å². The van der Waals surface area contributed by atoms with Crippen molar-refractivity contribution in [2.45, 2.75) is 13.8 Å². The van der Waals surface area contributed by atoms with E-state index in [2.05, 4.69) is 15.5 Å². The Morgan fingerprint density at radius 1 is 1.20 bits per heavy atom. The number of halogens is 1. The monoisotopic (exact) mass is 357 g/mol. The highest BCUT2D eigenvalue weighted by Gasteiger charge is 2.13. The second-order valence-electron chi connectivity index (χ2n) is 5.48. The van der Waals surface area contributed by atoms with Crippen LogP contribution < -0.4 is 10.1 Å². The standard InChI is InChI=1S/C18H16ClN3O3/c1-10-8-15(16(24-3)9-14(10)19)21-17(23)12-4-6-13(7-5-12)18-20-11(2)22-25-18/h4-9H,1-3H3,(H,21,23). The van der Waals surface area contributed by atoms with E-state index in [-0.39, 0.29) is 5.91 Å². The molecule has 0 saturated heterocycles. The van der Waals surface area contributed by atoms with Crippen molar-refractivity contribution in [1.82, 2.24) is 10.1 Å². The topological polar surface area (TPSA) is 77.2 Å². The SMILES string of the molecule is COc1cc(Cl)c(C)cc1NC(=O)c1ccc(-c2nc(C)no2)cc1. The van der Waals surface area contributed by atoms with Crippen molar-refractivity contribution in [3.8, 4) is 17.2 Å². The van der Waals surface area contributed by atoms with Gasteiger partial charge in [0.25, 0.3) is 11.8 Å². The largest absolute Gasteiger partial charge is 0.495 e. The summed E-state index contributed by atoms with van der Waals surface area (Å²) in [5, 5.41) is 7.16. The Hall–Kier alpha value is -2.86. The number of methoxy groups -OCH3 is 1. The molecule has 0 atom stereocenters. The Balaban J connectivity index is 1.81. The summed E-state index contributed by atoms with van der Waals surface area (Å²) in [7, 11) is 1.53. The predicted molar refractivity (Wildman–Crippen MR) is 95.2 cm³/mol. The summed E-state index contributed by atoms with van der Waals surface area (Å²) >= 11 is 6.08. The second kappa shape index (κ2) is 6.94. The minimum atomic E-state index is -0.256. The number of aryl methyl sites for hydroxylation is 2. The molecule has 0 unspecified atom stereocenters. The number of amides is 1. The maximum absolute atomic E-state index is 12.5. The molecule has 0 radical (unpaired) electrons. The van der Waals surface area contributed by atoms with Crippen molar-refractivity contribution >= 4 is 23.2 Å². The summed E-state index contributed by atoms with van der Waals surface area (Å²) in [6.07, 6.45) is 0. The maximum atomic E-state index is 12.5.